The van der Waals surface area contributed by atoms with E-state index in [1.165, 1.54) is 6.07 Å². The van der Waals surface area contributed by atoms with Crippen molar-refractivity contribution in [1.29, 1.82) is 0 Å². The number of carbonyl (C=O) groups is 2. The standard InChI is InChI=1S/C21H23ClF3N3O3/c1-11(2)19(30)28-18-8-14(7-12(3)27-18)17(29)6-5-13(4)31-20-16(22)9-15(10-26-20)21(23,24)25/h7-11,13H,5-6H2,1-4H3,(H,27,28,30)/t13-/m1/s1. The Kier molecular flexibility index (Phi) is 8.00. The van der Waals surface area contributed by atoms with Gasteiger partial charge in [0.1, 0.15) is 10.8 Å². The van der Waals surface area contributed by atoms with E-state index in [2.05, 4.69) is 15.3 Å². The van der Waals surface area contributed by atoms with Crippen LogP contribution in [0.25, 0.3) is 0 Å². The number of alkyl halides is 3. The highest BCUT2D eigenvalue weighted by atomic mass is 35.5. The summed E-state index contributed by atoms with van der Waals surface area (Å²) in [7, 11) is 0. The van der Waals surface area contributed by atoms with E-state index in [-0.39, 0.29) is 41.4 Å². The van der Waals surface area contributed by atoms with Gasteiger partial charge >= 0.3 is 6.18 Å². The van der Waals surface area contributed by atoms with E-state index in [9.17, 15) is 22.8 Å². The molecule has 10 heteroatoms. The average molecular weight is 458 g/mol. The van der Waals surface area contributed by atoms with Gasteiger partial charge in [0.2, 0.25) is 11.8 Å². The number of nitrogens with one attached hydrogen (secondary N) is 1. The number of carbonyl (C=O) groups excluding carboxylic acids is 2. The molecule has 0 aliphatic heterocycles. The van der Waals surface area contributed by atoms with Crippen LogP contribution in [0, 0.1) is 12.8 Å². The van der Waals surface area contributed by atoms with Crippen molar-refractivity contribution < 1.29 is 27.5 Å². The van der Waals surface area contributed by atoms with Crippen molar-refractivity contribution in [3.63, 3.8) is 0 Å². The molecule has 2 rings (SSSR count). The zero-order valence-corrected chi connectivity index (χ0v) is 18.3. The minimum absolute atomic E-state index is 0.112. The Bertz CT molecular complexity index is 965. The second-order valence-electron chi connectivity index (χ2n) is 7.43. The van der Waals surface area contributed by atoms with Gasteiger partial charge in [-0.3, -0.25) is 9.59 Å². The highest BCUT2D eigenvalue weighted by molar-refractivity contribution is 6.31. The summed E-state index contributed by atoms with van der Waals surface area (Å²) in [6, 6.07) is 3.87. The second-order valence-corrected chi connectivity index (χ2v) is 7.83. The number of hydrogen-bond acceptors (Lipinski definition) is 5. The lowest BCUT2D eigenvalue weighted by atomic mass is 10.0. The van der Waals surface area contributed by atoms with Crippen LogP contribution in [0.15, 0.2) is 24.4 Å². The maximum absolute atomic E-state index is 12.7. The minimum Gasteiger partial charge on any atom is -0.474 e. The summed E-state index contributed by atoms with van der Waals surface area (Å²) in [6.45, 7) is 6.87. The van der Waals surface area contributed by atoms with E-state index in [0.29, 0.717) is 23.3 Å². The van der Waals surface area contributed by atoms with Crippen LogP contribution in [-0.4, -0.2) is 27.8 Å². The van der Waals surface area contributed by atoms with Gasteiger partial charge in [0, 0.05) is 29.8 Å². The number of rotatable bonds is 8. The van der Waals surface area contributed by atoms with E-state index in [4.69, 9.17) is 16.3 Å². The largest absolute Gasteiger partial charge is 0.474 e. The van der Waals surface area contributed by atoms with Gasteiger partial charge in [0.15, 0.2) is 5.78 Å². The second kappa shape index (κ2) is 10.1. The molecule has 0 saturated carbocycles. The number of hydrogen-bond donors (Lipinski definition) is 1. The number of ketones is 1. The van der Waals surface area contributed by atoms with Crippen molar-refractivity contribution >= 4 is 29.1 Å². The van der Waals surface area contributed by atoms with Crippen LogP contribution in [0.3, 0.4) is 0 Å². The van der Waals surface area contributed by atoms with E-state index < -0.39 is 17.8 Å². The molecule has 0 spiro atoms. The Morgan fingerprint density at radius 1 is 1.19 bits per heavy atom. The third kappa shape index (κ3) is 7.20. The fourth-order valence-electron chi connectivity index (χ4n) is 2.56. The van der Waals surface area contributed by atoms with Crippen molar-refractivity contribution in [1.82, 2.24) is 9.97 Å². The number of aryl methyl sites for hydroxylation is 1. The van der Waals surface area contributed by atoms with Gasteiger partial charge in [-0.1, -0.05) is 25.4 Å². The molecule has 2 heterocycles. The van der Waals surface area contributed by atoms with Crippen LogP contribution >= 0.6 is 11.6 Å². The summed E-state index contributed by atoms with van der Waals surface area (Å²) < 4.78 is 43.6. The Labute approximate surface area is 183 Å². The first-order valence-corrected chi connectivity index (χ1v) is 9.96. The number of nitrogens with zero attached hydrogens (tertiary/aromatic N) is 2. The molecule has 2 aromatic rings. The lowest BCUT2D eigenvalue weighted by Gasteiger charge is -2.16. The number of amides is 1. The average Bonchev–Trinajstić information content (AvgIpc) is 2.66. The molecule has 0 fully saturated rings. The molecule has 168 valence electrons. The summed E-state index contributed by atoms with van der Waals surface area (Å²) in [5, 5.41) is 2.41. The number of anilines is 1. The van der Waals surface area contributed by atoms with Crippen LogP contribution in [0.2, 0.25) is 5.02 Å². The van der Waals surface area contributed by atoms with Gasteiger partial charge in [-0.15, -0.1) is 0 Å². The summed E-state index contributed by atoms with van der Waals surface area (Å²) >= 11 is 5.84. The van der Waals surface area contributed by atoms with Crippen LogP contribution in [0.5, 0.6) is 5.88 Å². The maximum Gasteiger partial charge on any atom is 0.417 e. The SMILES string of the molecule is Cc1cc(C(=O)CC[C@@H](C)Oc2ncc(C(F)(F)F)cc2Cl)cc(NC(=O)C(C)C)n1. The molecule has 0 radical (unpaired) electrons. The number of ether oxygens (including phenoxy) is 1. The third-order valence-electron chi connectivity index (χ3n) is 4.28. The highest BCUT2D eigenvalue weighted by Crippen LogP contribution is 2.33. The Balaban J connectivity index is 1.99. The lowest BCUT2D eigenvalue weighted by molar-refractivity contribution is -0.137. The molecule has 0 bridgehead atoms. The third-order valence-corrected chi connectivity index (χ3v) is 4.55. The van der Waals surface area contributed by atoms with Gasteiger partial charge in [-0.2, -0.15) is 13.2 Å². The Hall–Kier alpha value is -2.68. The molecule has 0 saturated heterocycles. The molecule has 6 nitrogen and oxygen atoms in total. The number of pyridine rings is 2. The van der Waals surface area contributed by atoms with Gasteiger partial charge < -0.3 is 10.1 Å². The smallest absolute Gasteiger partial charge is 0.417 e. The van der Waals surface area contributed by atoms with Crippen LogP contribution in [-0.2, 0) is 11.0 Å². The minimum atomic E-state index is -4.55. The summed E-state index contributed by atoms with van der Waals surface area (Å²) in [4.78, 5) is 32.3. The summed E-state index contributed by atoms with van der Waals surface area (Å²) in [5.74, 6) is -0.461. The summed E-state index contributed by atoms with van der Waals surface area (Å²) in [6.07, 6.45) is -4.03. The van der Waals surface area contributed by atoms with Crippen LogP contribution in [0.4, 0.5) is 19.0 Å². The number of Topliss-reactive ketones (excluding diaryl/α,β-unsaturated/α-hetero) is 1. The molecule has 0 unspecified atom stereocenters. The Morgan fingerprint density at radius 3 is 2.45 bits per heavy atom. The zero-order valence-electron chi connectivity index (χ0n) is 17.5. The fraction of sp³-hybridized carbons (Fsp3) is 0.429. The lowest BCUT2D eigenvalue weighted by Crippen LogP contribution is -2.19. The molecule has 2 aromatic heterocycles. The predicted molar refractivity (Wildman–Crippen MR) is 110 cm³/mol. The summed E-state index contributed by atoms with van der Waals surface area (Å²) in [5.41, 5.74) is 0.000448. The maximum atomic E-state index is 12.7. The normalized spacial score (nSPS) is 12.5. The van der Waals surface area contributed by atoms with Crippen LogP contribution < -0.4 is 10.1 Å². The van der Waals surface area contributed by atoms with Crippen molar-refractivity contribution in [3.05, 3.63) is 46.2 Å². The quantitative estimate of drug-likeness (QED) is 0.531. The van der Waals surface area contributed by atoms with Gasteiger partial charge in [0.05, 0.1) is 11.7 Å². The molecule has 0 aromatic carbocycles. The van der Waals surface area contributed by atoms with Crippen molar-refractivity contribution in [2.75, 3.05) is 5.32 Å². The molecule has 0 aliphatic rings. The topological polar surface area (TPSA) is 81.2 Å². The van der Waals surface area contributed by atoms with Crippen molar-refractivity contribution in [2.24, 2.45) is 5.92 Å². The highest BCUT2D eigenvalue weighted by Gasteiger charge is 2.32. The van der Waals surface area contributed by atoms with E-state index in [0.717, 1.165) is 6.07 Å². The molecule has 1 amide bonds. The van der Waals surface area contributed by atoms with E-state index in [1.807, 2.05) is 0 Å². The first-order valence-electron chi connectivity index (χ1n) is 9.59. The van der Waals surface area contributed by atoms with E-state index >= 15 is 0 Å². The number of halogens is 4. The fourth-order valence-corrected chi connectivity index (χ4v) is 2.77. The molecular formula is C21H23ClF3N3O3. The van der Waals surface area contributed by atoms with E-state index in [1.54, 1.807) is 33.8 Å². The molecule has 1 atom stereocenters. The van der Waals surface area contributed by atoms with Crippen molar-refractivity contribution in [3.8, 4) is 5.88 Å². The Morgan fingerprint density at radius 2 is 1.87 bits per heavy atom. The molecule has 1 N–H and O–H groups in total. The molecule has 31 heavy (non-hydrogen) atoms. The predicted octanol–water partition coefficient (Wildman–Crippen LogP) is 5.48. The first kappa shape index (κ1) is 24.6. The van der Waals surface area contributed by atoms with Gasteiger partial charge in [-0.25, -0.2) is 9.97 Å². The van der Waals surface area contributed by atoms with Gasteiger partial charge in [0.25, 0.3) is 0 Å². The molecular weight excluding hydrogens is 435 g/mol. The first-order chi connectivity index (χ1) is 14.4. The zero-order chi connectivity index (χ0) is 23.3. The van der Waals surface area contributed by atoms with Gasteiger partial charge in [-0.05, 0) is 38.5 Å². The molecule has 0 aliphatic carbocycles. The number of aromatic nitrogens is 2. The van der Waals surface area contributed by atoms with Crippen molar-refractivity contribution in [2.45, 2.75) is 52.8 Å². The van der Waals surface area contributed by atoms with Crippen LogP contribution in [0.1, 0.15) is 55.2 Å². The monoisotopic (exact) mass is 457 g/mol.